The fraction of sp³-hybridized carbons (Fsp3) is 0.515. The number of urea groups is 1. The Balaban J connectivity index is 1.11. The van der Waals surface area contributed by atoms with E-state index >= 15 is 0 Å². The minimum atomic E-state index is -0.298. The van der Waals surface area contributed by atoms with Crippen molar-refractivity contribution in [2.24, 2.45) is 0 Å². The summed E-state index contributed by atoms with van der Waals surface area (Å²) >= 11 is 0. The number of morpholine rings is 2. The molecule has 2 atom stereocenters. The minimum Gasteiger partial charge on any atom is -0.377 e. The van der Waals surface area contributed by atoms with Gasteiger partial charge in [-0.15, -0.1) is 0 Å². The highest BCUT2D eigenvalue weighted by Crippen LogP contribution is 2.27. The molecule has 4 heterocycles. The van der Waals surface area contributed by atoms with Crippen LogP contribution < -0.4 is 25.3 Å². The molecular weight excluding hydrogens is 570 g/mol. The molecule has 2 amide bonds. The van der Waals surface area contributed by atoms with Crippen LogP contribution in [0.2, 0.25) is 0 Å². The molecule has 3 saturated heterocycles. The summed E-state index contributed by atoms with van der Waals surface area (Å²) in [6.07, 6.45) is 0. The Morgan fingerprint density at radius 1 is 0.733 bits per heavy atom. The first-order valence-electron chi connectivity index (χ1n) is 16.1. The molecule has 3 aliphatic heterocycles. The van der Waals surface area contributed by atoms with E-state index in [-0.39, 0.29) is 18.1 Å². The van der Waals surface area contributed by atoms with Crippen molar-refractivity contribution in [3.05, 3.63) is 48.5 Å². The van der Waals surface area contributed by atoms with Crippen LogP contribution in [0.4, 0.5) is 33.8 Å². The van der Waals surface area contributed by atoms with E-state index in [2.05, 4.69) is 70.1 Å². The lowest BCUT2D eigenvalue weighted by Crippen LogP contribution is -2.48. The van der Waals surface area contributed by atoms with Crippen LogP contribution >= 0.6 is 0 Å². The number of nitrogens with zero attached hydrogens (tertiary/aromatic N) is 7. The van der Waals surface area contributed by atoms with Crippen LogP contribution in [0, 0.1) is 0 Å². The normalized spacial score (nSPS) is 21.2. The number of hydrogen-bond acceptors (Lipinski definition) is 10. The SMILES string of the molecule is CC(C)N1CCN(c2ccc(NC(=O)Nc3ccc(-c4nc(N5CCOCC5C)nc(N5CCOCC5C)n4)cc3)cc2)CC1. The number of hydrogen-bond donors (Lipinski definition) is 2. The summed E-state index contributed by atoms with van der Waals surface area (Å²) in [5, 5.41) is 5.88. The van der Waals surface area contributed by atoms with Gasteiger partial charge in [0.25, 0.3) is 0 Å². The first-order chi connectivity index (χ1) is 21.8. The molecule has 0 aliphatic carbocycles. The van der Waals surface area contributed by atoms with Crippen molar-refractivity contribution in [2.75, 3.05) is 91.0 Å². The van der Waals surface area contributed by atoms with Gasteiger partial charge in [-0.3, -0.25) is 4.90 Å². The van der Waals surface area contributed by atoms with E-state index < -0.39 is 0 Å². The van der Waals surface area contributed by atoms with Gasteiger partial charge in [0.1, 0.15) is 0 Å². The van der Waals surface area contributed by atoms with E-state index in [4.69, 9.17) is 24.4 Å². The average molecular weight is 616 g/mol. The number of rotatable bonds is 7. The van der Waals surface area contributed by atoms with Gasteiger partial charge in [0.15, 0.2) is 5.82 Å². The van der Waals surface area contributed by atoms with Crippen molar-refractivity contribution >= 4 is 35.0 Å². The second-order valence-corrected chi connectivity index (χ2v) is 12.3. The lowest BCUT2D eigenvalue weighted by molar-refractivity contribution is 0.0969. The van der Waals surface area contributed by atoms with Crippen LogP contribution in [0.3, 0.4) is 0 Å². The molecular formula is C33H45N9O3. The molecule has 3 aromatic rings. The summed E-state index contributed by atoms with van der Waals surface area (Å²) in [5.74, 6) is 1.89. The van der Waals surface area contributed by atoms with Gasteiger partial charge in [0.2, 0.25) is 11.9 Å². The average Bonchev–Trinajstić information content (AvgIpc) is 3.06. The molecule has 1 aromatic heterocycles. The molecule has 0 radical (unpaired) electrons. The number of ether oxygens (including phenoxy) is 2. The van der Waals surface area contributed by atoms with E-state index in [1.807, 2.05) is 36.4 Å². The van der Waals surface area contributed by atoms with E-state index in [0.29, 0.717) is 55.9 Å². The van der Waals surface area contributed by atoms with Gasteiger partial charge >= 0.3 is 6.03 Å². The lowest BCUT2D eigenvalue weighted by atomic mass is 10.2. The lowest BCUT2D eigenvalue weighted by Gasteiger charge is -2.38. The van der Waals surface area contributed by atoms with Crippen molar-refractivity contribution in [1.82, 2.24) is 19.9 Å². The summed E-state index contributed by atoms with van der Waals surface area (Å²) in [7, 11) is 0. The second kappa shape index (κ2) is 14.0. The summed E-state index contributed by atoms with van der Waals surface area (Å²) < 4.78 is 11.3. The van der Waals surface area contributed by atoms with Gasteiger partial charge in [0, 0.05) is 67.9 Å². The molecule has 12 nitrogen and oxygen atoms in total. The third-order valence-corrected chi connectivity index (χ3v) is 8.80. The van der Waals surface area contributed by atoms with E-state index in [1.54, 1.807) is 0 Å². The zero-order chi connectivity index (χ0) is 31.3. The monoisotopic (exact) mass is 615 g/mol. The Bertz CT molecular complexity index is 1390. The molecule has 0 spiro atoms. The van der Waals surface area contributed by atoms with Gasteiger partial charge < -0.3 is 34.8 Å². The third kappa shape index (κ3) is 7.46. The van der Waals surface area contributed by atoms with Crippen molar-refractivity contribution in [3.63, 3.8) is 0 Å². The van der Waals surface area contributed by atoms with E-state index in [1.165, 1.54) is 5.69 Å². The first-order valence-corrected chi connectivity index (χ1v) is 16.1. The number of piperazine rings is 1. The Kier molecular flexibility index (Phi) is 9.62. The molecule has 0 bridgehead atoms. The van der Waals surface area contributed by atoms with Crippen molar-refractivity contribution in [3.8, 4) is 11.4 Å². The zero-order valence-corrected chi connectivity index (χ0v) is 26.8. The van der Waals surface area contributed by atoms with Crippen LogP contribution in [-0.4, -0.2) is 110 Å². The molecule has 0 saturated carbocycles. The zero-order valence-electron chi connectivity index (χ0n) is 26.8. The van der Waals surface area contributed by atoms with Crippen LogP contribution in [0.5, 0.6) is 0 Å². The number of nitrogens with one attached hydrogen (secondary N) is 2. The highest BCUT2D eigenvalue weighted by Gasteiger charge is 2.27. The van der Waals surface area contributed by atoms with Gasteiger partial charge in [-0.25, -0.2) is 4.79 Å². The van der Waals surface area contributed by atoms with Crippen LogP contribution in [0.15, 0.2) is 48.5 Å². The molecule has 2 aromatic carbocycles. The molecule has 2 unspecified atom stereocenters. The highest BCUT2D eigenvalue weighted by atomic mass is 16.5. The predicted octanol–water partition coefficient (Wildman–Crippen LogP) is 4.16. The van der Waals surface area contributed by atoms with Crippen LogP contribution in [0.1, 0.15) is 27.7 Å². The smallest absolute Gasteiger partial charge is 0.323 e. The van der Waals surface area contributed by atoms with Gasteiger partial charge in [-0.1, -0.05) is 0 Å². The molecule has 3 aliphatic rings. The number of anilines is 5. The Labute approximate surface area is 265 Å². The summed E-state index contributed by atoms with van der Waals surface area (Å²) in [6.45, 7) is 16.9. The Morgan fingerprint density at radius 3 is 1.73 bits per heavy atom. The Morgan fingerprint density at radius 2 is 1.24 bits per heavy atom. The minimum absolute atomic E-state index is 0.158. The van der Waals surface area contributed by atoms with Crippen molar-refractivity contribution in [1.29, 1.82) is 0 Å². The number of carbonyl (C=O) groups is 1. The third-order valence-electron chi connectivity index (χ3n) is 8.80. The van der Waals surface area contributed by atoms with Gasteiger partial charge in [0.05, 0.1) is 38.5 Å². The second-order valence-electron chi connectivity index (χ2n) is 12.3. The number of carbonyl (C=O) groups excluding carboxylic acids is 1. The summed E-state index contributed by atoms with van der Waals surface area (Å²) in [6, 6.07) is 16.2. The standard InChI is InChI=1S/C33H45N9O3/c1-23(2)39-13-15-40(16-14-39)29-11-9-28(10-12-29)35-33(43)34-27-7-5-26(6-8-27)30-36-31(41-17-19-44-21-24(41)3)38-32(37-30)42-18-20-45-22-25(42)4/h5-12,23-25H,13-22H2,1-4H3,(H2,34,35,43). The first kappa shape index (κ1) is 31.0. The number of aromatic nitrogens is 3. The van der Waals surface area contributed by atoms with Gasteiger partial charge in [-0.2, -0.15) is 15.0 Å². The molecule has 6 rings (SSSR count). The topological polar surface area (TPSA) is 111 Å². The molecule has 3 fully saturated rings. The molecule has 2 N–H and O–H groups in total. The van der Waals surface area contributed by atoms with E-state index in [0.717, 1.165) is 50.5 Å². The van der Waals surface area contributed by atoms with E-state index in [9.17, 15) is 4.79 Å². The molecule has 12 heteroatoms. The predicted molar refractivity (Wildman–Crippen MR) is 179 cm³/mol. The molecule has 240 valence electrons. The van der Waals surface area contributed by atoms with Crippen molar-refractivity contribution < 1.29 is 14.3 Å². The number of benzene rings is 2. The maximum absolute atomic E-state index is 12.8. The van der Waals surface area contributed by atoms with Crippen molar-refractivity contribution in [2.45, 2.75) is 45.8 Å². The quantitative estimate of drug-likeness (QED) is 0.402. The summed E-state index contributed by atoms with van der Waals surface area (Å²) in [4.78, 5) is 36.7. The van der Waals surface area contributed by atoms with Crippen LogP contribution in [-0.2, 0) is 9.47 Å². The number of amides is 2. The molecule has 45 heavy (non-hydrogen) atoms. The van der Waals surface area contributed by atoms with Gasteiger partial charge in [-0.05, 0) is 76.2 Å². The maximum atomic E-state index is 12.8. The highest BCUT2D eigenvalue weighted by molar-refractivity contribution is 5.99. The summed E-state index contributed by atoms with van der Waals surface area (Å²) in [5.41, 5.74) is 3.44. The van der Waals surface area contributed by atoms with Crippen LogP contribution in [0.25, 0.3) is 11.4 Å². The largest absolute Gasteiger partial charge is 0.377 e. The fourth-order valence-corrected chi connectivity index (χ4v) is 6.04. The Hall–Kier alpha value is -4.00. The maximum Gasteiger partial charge on any atom is 0.323 e. The fourth-order valence-electron chi connectivity index (χ4n) is 6.04.